The number of nitrogens with zero attached hydrogens (tertiary/aromatic N) is 1. The highest BCUT2D eigenvalue weighted by atomic mass is 32.2. The summed E-state index contributed by atoms with van der Waals surface area (Å²) in [6, 6.07) is 19.1. The molecular formula is C26H22FNO4S2. The second-order valence-corrected chi connectivity index (χ2v) is 8.88. The summed E-state index contributed by atoms with van der Waals surface area (Å²) in [6.07, 6.45) is 1.76. The van der Waals surface area contributed by atoms with Gasteiger partial charge in [-0.15, -0.1) is 0 Å². The minimum Gasteiger partial charge on any atom is -0.495 e. The van der Waals surface area contributed by atoms with Crippen molar-refractivity contribution < 1.29 is 23.4 Å². The van der Waals surface area contributed by atoms with Crippen molar-refractivity contribution >= 4 is 46.0 Å². The van der Waals surface area contributed by atoms with Crippen molar-refractivity contribution in [3.63, 3.8) is 0 Å². The van der Waals surface area contributed by atoms with Gasteiger partial charge >= 0.3 is 0 Å². The van der Waals surface area contributed by atoms with Crippen LogP contribution in [0.4, 0.5) is 10.1 Å². The monoisotopic (exact) mass is 495 g/mol. The van der Waals surface area contributed by atoms with Crippen LogP contribution in [-0.2, 0) is 11.4 Å². The van der Waals surface area contributed by atoms with Gasteiger partial charge in [0.2, 0.25) is 0 Å². The number of thiocarbonyl (C=S) groups is 1. The smallest absolute Gasteiger partial charge is 0.270 e. The molecule has 1 saturated heterocycles. The van der Waals surface area contributed by atoms with Gasteiger partial charge in [0.25, 0.3) is 5.91 Å². The predicted molar refractivity (Wildman–Crippen MR) is 137 cm³/mol. The van der Waals surface area contributed by atoms with E-state index in [-0.39, 0.29) is 18.3 Å². The van der Waals surface area contributed by atoms with E-state index in [0.717, 1.165) is 5.56 Å². The molecule has 0 aliphatic carbocycles. The number of thioether (sulfide) groups is 1. The van der Waals surface area contributed by atoms with Gasteiger partial charge in [0.1, 0.15) is 18.2 Å². The lowest BCUT2D eigenvalue weighted by Crippen LogP contribution is -2.27. The summed E-state index contributed by atoms with van der Waals surface area (Å²) in [7, 11) is 1.55. The summed E-state index contributed by atoms with van der Waals surface area (Å²) < 4.78 is 31.3. The summed E-state index contributed by atoms with van der Waals surface area (Å²) >= 11 is 6.70. The SMILES string of the molecule is CCOc1cc(C=C2SC(=S)N(c3ccccc3OC)C2=O)ccc1OCc1ccccc1F. The molecule has 34 heavy (non-hydrogen) atoms. The molecule has 1 amide bonds. The Morgan fingerprint density at radius 2 is 1.76 bits per heavy atom. The number of halogens is 1. The van der Waals surface area contributed by atoms with E-state index in [1.165, 1.54) is 22.7 Å². The Kier molecular flexibility index (Phi) is 7.49. The Morgan fingerprint density at radius 3 is 2.53 bits per heavy atom. The van der Waals surface area contributed by atoms with Crippen molar-refractivity contribution in [2.75, 3.05) is 18.6 Å². The van der Waals surface area contributed by atoms with Crippen LogP contribution in [-0.4, -0.2) is 23.9 Å². The predicted octanol–water partition coefficient (Wildman–Crippen LogP) is 6.22. The third kappa shape index (κ3) is 5.08. The first kappa shape index (κ1) is 23.8. The van der Waals surface area contributed by atoms with Crippen molar-refractivity contribution in [1.82, 2.24) is 0 Å². The van der Waals surface area contributed by atoms with Crippen molar-refractivity contribution in [3.05, 3.63) is 88.6 Å². The number of anilines is 1. The van der Waals surface area contributed by atoms with Crippen LogP contribution in [0, 0.1) is 5.82 Å². The molecule has 1 heterocycles. The Hall–Kier alpha value is -3.36. The van der Waals surface area contributed by atoms with E-state index in [9.17, 15) is 9.18 Å². The van der Waals surface area contributed by atoms with Crippen LogP contribution in [0.1, 0.15) is 18.1 Å². The van der Waals surface area contributed by atoms with Crippen molar-refractivity contribution in [2.45, 2.75) is 13.5 Å². The van der Waals surface area contributed by atoms with E-state index in [1.54, 1.807) is 55.7 Å². The second kappa shape index (κ2) is 10.7. The van der Waals surface area contributed by atoms with E-state index in [4.69, 9.17) is 26.4 Å². The molecule has 1 fully saturated rings. The minimum absolute atomic E-state index is 0.0731. The maximum atomic E-state index is 13.9. The molecule has 0 saturated carbocycles. The van der Waals surface area contributed by atoms with E-state index in [2.05, 4.69) is 0 Å². The van der Waals surface area contributed by atoms with Crippen molar-refractivity contribution in [2.24, 2.45) is 0 Å². The largest absolute Gasteiger partial charge is 0.495 e. The van der Waals surface area contributed by atoms with Gasteiger partial charge in [-0.1, -0.05) is 60.4 Å². The zero-order chi connectivity index (χ0) is 24.1. The number of benzene rings is 3. The third-order valence-corrected chi connectivity index (χ3v) is 6.33. The lowest BCUT2D eigenvalue weighted by molar-refractivity contribution is -0.113. The Morgan fingerprint density at radius 1 is 1.00 bits per heavy atom. The molecule has 5 nitrogen and oxygen atoms in total. The van der Waals surface area contributed by atoms with Crippen molar-refractivity contribution in [3.8, 4) is 17.2 Å². The van der Waals surface area contributed by atoms with Gasteiger partial charge in [-0.05, 0) is 48.9 Å². The average Bonchev–Trinajstić information content (AvgIpc) is 3.12. The Bertz CT molecular complexity index is 1260. The minimum atomic E-state index is -0.325. The Labute approximate surface area is 207 Å². The molecular weight excluding hydrogens is 473 g/mol. The molecule has 0 bridgehead atoms. The lowest BCUT2D eigenvalue weighted by atomic mass is 10.1. The molecule has 1 aliphatic rings. The van der Waals surface area contributed by atoms with Gasteiger partial charge in [-0.2, -0.15) is 0 Å². The van der Waals surface area contributed by atoms with Crippen LogP contribution in [0.2, 0.25) is 0 Å². The topological polar surface area (TPSA) is 48.0 Å². The fourth-order valence-electron chi connectivity index (χ4n) is 3.41. The summed E-state index contributed by atoms with van der Waals surface area (Å²) in [5.74, 6) is 1.01. The highest BCUT2D eigenvalue weighted by molar-refractivity contribution is 8.27. The molecule has 0 aromatic heterocycles. The number of hydrogen-bond donors (Lipinski definition) is 0. The van der Waals surface area contributed by atoms with E-state index >= 15 is 0 Å². The number of carbonyl (C=O) groups excluding carboxylic acids is 1. The van der Waals surface area contributed by atoms with Crippen LogP contribution in [0.3, 0.4) is 0 Å². The number of methoxy groups -OCH3 is 1. The molecule has 4 rings (SSSR count). The van der Waals surface area contributed by atoms with Gasteiger partial charge < -0.3 is 14.2 Å². The van der Waals surface area contributed by atoms with Crippen molar-refractivity contribution in [1.29, 1.82) is 0 Å². The van der Waals surface area contributed by atoms with E-state index in [0.29, 0.717) is 44.3 Å². The fourth-order valence-corrected chi connectivity index (χ4v) is 4.70. The molecule has 174 valence electrons. The molecule has 3 aromatic rings. The number of rotatable bonds is 8. The van der Waals surface area contributed by atoms with E-state index in [1.807, 2.05) is 25.1 Å². The molecule has 0 radical (unpaired) electrons. The lowest BCUT2D eigenvalue weighted by Gasteiger charge is -2.17. The molecule has 0 atom stereocenters. The average molecular weight is 496 g/mol. The van der Waals surface area contributed by atoms with Gasteiger partial charge in [-0.25, -0.2) is 4.39 Å². The zero-order valence-electron chi connectivity index (χ0n) is 18.6. The van der Waals surface area contributed by atoms with Gasteiger partial charge in [-0.3, -0.25) is 9.69 Å². The summed E-state index contributed by atoms with van der Waals surface area (Å²) in [6.45, 7) is 2.37. The summed E-state index contributed by atoms with van der Waals surface area (Å²) in [5, 5.41) is 0. The van der Waals surface area contributed by atoms with Crippen LogP contribution in [0.25, 0.3) is 6.08 Å². The van der Waals surface area contributed by atoms with Crippen LogP contribution >= 0.6 is 24.0 Å². The normalized spacial score (nSPS) is 14.6. The van der Waals surface area contributed by atoms with Gasteiger partial charge in [0.15, 0.2) is 15.8 Å². The second-order valence-electron chi connectivity index (χ2n) is 7.21. The molecule has 8 heteroatoms. The molecule has 1 aliphatic heterocycles. The number of para-hydroxylation sites is 2. The van der Waals surface area contributed by atoms with Crippen LogP contribution in [0.15, 0.2) is 71.6 Å². The van der Waals surface area contributed by atoms with Gasteiger partial charge in [0, 0.05) is 5.56 Å². The standard InChI is InChI=1S/C26H22FNO4S2/c1-3-31-23-14-17(12-13-22(23)32-16-18-8-4-5-9-19(18)27)15-24-25(29)28(26(33)34-24)20-10-6-7-11-21(20)30-2/h4-15H,3,16H2,1-2H3. The number of amides is 1. The first-order valence-corrected chi connectivity index (χ1v) is 11.8. The van der Waals surface area contributed by atoms with Crippen LogP contribution in [0.5, 0.6) is 17.2 Å². The highest BCUT2D eigenvalue weighted by Gasteiger charge is 2.34. The zero-order valence-corrected chi connectivity index (χ0v) is 20.3. The third-order valence-electron chi connectivity index (χ3n) is 5.03. The maximum absolute atomic E-state index is 13.9. The highest BCUT2D eigenvalue weighted by Crippen LogP contribution is 2.40. The molecule has 0 unspecified atom stereocenters. The molecule has 0 spiro atoms. The fraction of sp³-hybridized carbons (Fsp3) is 0.154. The number of ether oxygens (including phenoxy) is 3. The number of hydrogen-bond acceptors (Lipinski definition) is 6. The first-order valence-electron chi connectivity index (χ1n) is 10.6. The summed E-state index contributed by atoms with van der Waals surface area (Å²) in [4.78, 5) is 15.1. The number of carbonyl (C=O) groups is 1. The maximum Gasteiger partial charge on any atom is 0.270 e. The Balaban J connectivity index is 1.57. The van der Waals surface area contributed by atoms with E-state index < -0.39 is 0 Å². The quantitative estimate of drug-likeness (QED) is 0.273. The van der Waals surface area contributed by atoms with Crippen LogP contribution < -0.4 is 19.1 Å². The van der Waals surface area contributed by atoms with Gasteiger partial charge in [0.05, 0.1) is 24.3 Å². The molecule has 3 aromatic carbocycles. The summed E-state index contributed by atoms with van der Waals surface area (Å²) in [5.41, 5.74) is 1.80. The first-order chi connectivity index (χ1) is 16.5. The molecule has 0 N–H and O–H groups in total.